The van der Waals surface area contributed by atoms with Crippen molar-refractivity contribution in [1.29, 1.82) is 21.0 Å². The average Bonchev–Trinajstić information content (AvgIpc) is 3.17. The van der Waals surface area contributed by atoms with E-state index in [-0.39, 0.29) is 11.1 Å². The quantitative estimate of drug-likeness (QED) is 0.0731. The van der Waals surface area contributed by atoms with Gasteiger partial charge in [0, 0.05) is 49.2 Å². The van der Waals surface area contributed by atoms with Gasteiger partial charge in [0.1, 0.15) is 14.1 Å². The molecule has 5 rings (SSSR count). The van der Waals surface area contributed by atoms with Gasteiger partial charge in [-0.25, -0.2) is 9.13 Å². The second-order valence-corrected chi connectivity index (χ2v) is 17.2. The maximum atomic E-state index is 13.5. The molecule has 366 valence electrons. The first-order chi connectivity index (χ1) is 30.5. The fourth-order valence-corrected chi connectivity index (χ4v) is 5.08. The molecule has 0 radical (unpaired) electrons. The molecule has 0 aliphatic heterocycles. The Bertz CT molecular complexity index is 2560. The topological polar surface area (TPSA) is 103 Å². The predicted octanol–water partition coefficient (Wildman–Crippen LogP) is 16.7. The molecular formula is C42H32F18N6P2. The van der Waals surface area contributed by atoms with Gasteiger partial charge in [-0.15, -0.1) is 0 Å². The normalized spacial score (nSPS) is 13.7. The number of hydrogen-bond donors (Lipinski definition) is 0. The van der Waals surface area contributed by atoms with Crippen LogP contribution in [0.4, 0.5) is 76.7 Å². The van der Waals surface area contributed by atoms with Crippen LogP contribution in [0.25, 0.3) is 45.6 Å². The fourth-order valence-electron chi connectivity index (χ4n) is 5.08. The summed E-state index contributed by atoms with van der Waals surface area (Å²) in [7, 11) is -17.7. The molecule has 6 nitrogen and oxygen atoms in total. The molecule has 5 aromatic rings. The van der Waals surface area contributed by atoms with Crippen LogP contribution >= 0.6 is 15.6 Å². The molecule has 0 aliphatic carbocycles. The first kappa shape index (κ1) is 59.0. The number of benzene rings is 3. The summed E-state index contributed by atoms with van der Waals surface area (Å²) < 4.78 is 203. The van der Waals surface area contributed by atoms with Crippen LogP contribution in [0, 0.1) is 45.3 Å². The van der Waals surface area contributed by atoms with Gasteiger partial charge in [0.15, 0.2) is 24.8 Å². The molecule has 0 spiro atoms. The van der Waals surface area contributed by atoms with E-state index in [0.29, 0.717) is 44.5 Å². The molecule has 0 aliphatic rings. The van der Waals surface area contributed by atoms with Gasteiger partial charge in [-0.05, 0) is 81.9 Å². The number of halogens is 18. The summed E-state index contributed by atoms with van der Waals surface area (Å²) in [6.45, 7) is 2.86. The Morgan fingerprint density at radius 2 is 0.676 bits per heavy atom. The van der Waals surface area contributed by atoms with Gasteiger partial charge < -0.3 is 0 Å². The number of rotatable bonds is 6. The Morgan fingerprint density at radius 3 is 0.868 bits per heavy atom. The molecule has 2 aromatic heterocycles. The van der Waals surface area contributed by atoms with Gasteiger partial charge >= 0.3 is 78.3 Å². The van der Waals surface area contributed by atoms with E-state index >= 15 is 0 Å². The molecular weight excluding hydrogens is 992 g/mol. The van der Waals surface area contributed by atoms with E-state index in [9.17, 15) is 87.2 Å². The fraction of sp³-hybridized carbons (Fsp3) is 0.143. The Morgan fingerprint density at radius 1 is 0.456 bits per heavy atom. The number of aromatic nitrogens is 2. The van der Waals surface area contributed by atoms with Crippen molar-refractivity contribution in [2.75, 3.05) is 0 Å². The maximum absolute atomic E-state index is 13.5. The van der Waals surface area contributed by atoms with Crippen molar-refractivity contribution in [2.45, 2.75) is 26.2 Å². The number of aryl methyl sites for hydroxylation is 2. The van der Waals surface area contributed by atoms with Crippen molar-refractivity contribution in [3.63, 3.8) is 0 Å². The Hall–Kier alpha value is -7.00. The number of pyridine rings is 2. The second-order valence-electron chi connectivity index (χ2n) is 13.4. The van der Waals surface area contributed by atoms with Crippen LogP contribution in [0.5, 0.6) is 0 Å². The monoisotopic (exact) mass is 1020 g/mol. The summed E-state index contributed by atoms with van der Waals surface area (Å²) >= 11 is 0. The van der Waals surface area contributed by atoms with Crippen molar-refractivity contribution in [3.8, 4) is 46.5 Å². The Kier molecular flexibility index (Phi) is 17.8. The SMILES string of the molecule is CC#N.CC#N.C[n+]1ccc(/C(C#N)=C/c2cc(-c3ccc(C(F)(F)F)cc3)c(/C=C(\C#N)c3cc[n+](C)cc3)cc2-c2ccc(C(F)(F)F)cc2)cc1.F[P-](F)(F)(F)(F)F.F[P-](F)(F)(F)(F)F. The van der Waals surface area contributed by atoms with E-state index in [1.165, 1.54) is 38.1 Å². The van der Waals surface area contributed by atoms with E-state index < -0.39 is 39.1 Å². The van der Waals surface area contributed by atoms with Crippen molar-refractivity contribution in [3.05, 3.63) is 143 Å². The minimum atomic E-state index is -10.7. The summed E-state index contributed by atoms with van der Waals surface area (Å²) in [5, 5.41) is 34.9. The zero-order valence-electron chi connectivity index (χ0n) is 34.9. The molecule has 0 saturated heterocycles. The van der Waals surface area contributed by atoms with Crippen LogP contribution in [0.1, 0.15) is 47.2 Å². The van der Waals surface area contributed by atoms with E-state index in [0.717, 1.165) is 24.3 Å². The van der Waals surface area contributed by atoms with Gasteiger partial charge in [0.2, 0.25) is 0 Å². The predicted molar refractivity (Wildman–Crippen MR) is 219 cm³/mol. The Balaban J connectivity index is 0.000000972. The van der Waals surface area contributed by atoms with Gasteiger partial charge in [-0.3, -0.25) is 0 Å². The van der Waals surface area contributed by atoms with E-state index in [1.807, 2.05) is 14.1 Å². The molecule has 0 fully saturated rings. The van der Waals surface area contributed by atoms with E-state index in [1.54, 1.807) is 94.6 Å². The number of hydrogen-bond acceptors (Lipinski definition) is 4. The van der Waals surface area contributed by atoms with E-state index in [4.69, 9.17) is 10.5 Å². The molecule has 0 amide bonds. The molecule has 0 atom stereocenters. The summed E-state index contributed by atoms with van der Waals surface area (Å²) in [6, 6.07) is 27.2. The van der Waals surface area contributed by atoms with E-state index in [2.05, 4.69) is 12.1 Å². The average molecular weight is 1020 g/mol. The van der Waals surface area contributed by atoms with Crippen molar-refractivity contribution >= 4 is 38.9 Å². The van der Waals surface area contributed by atoms with Gasteiger partial charge in [0.25, 0.3) is 0 Å². The second kappa shape index (κ2) is 20.5. The van der Waals surface area contributed by atoms with Crippen LogP contribution in [-0.4, -0.2) is 0 Å². The molecule has 0 bridgehead atoms. The van der Waals surface area contributed by atoms with Crippen molar-refractivity contribution < 1.29 is 85.8 Å². The third-order valence-corrected chi connectivity index (χ3v) is 7.69. The van der Waals surface area contributed by atoms with Gasteiger partial charge in [0.05, 0.1) is 46.5 Å². The minimum absolute atomic E-state index is 0.250. The van der Waals surface area contributed by atoms with Crippen LogP contribution in [-0.2, 0) is 26.4 Å². The standard InChI is InChI=1S/C38H26F6N4.2C2H3N.2F6P/c1-47-15-11-25(12-16-47)31(23-45)19-29-21-36(28-5-9-34(10-6-28)38(42,43)44)30(20-32(24-46)26-13-17-48(2)18-14-26)22-35(29)27-3-7-33(8-4-27)37(39,40)41;2*1-2-3;2*1-7(2,3,4,5)6/h3-22H,1-2H3;2*1H3;;/q+2;;;2*-1/b31-19+,32-20+;;;;. The zero-order chi connectivity index (χ0) is 52.9. The summed E-state index contributed by atoms with van der Waals surface area (Å²) in [5.41, 5.74) is 2.50. The molecule has 26 heteroatoms. The molecule has 0 N–H and O–H groups in total. The van der Waals surface area contributed by atoms with Crippen molar-refractivity contribution in [2.24, 2.45) is 14.1 Å². The number of alkyl halides is 6. The summed E-state index contributed by atoms with van der Waals surface area (Å²) in [4.78, 5) is 0. The van der Waals surface area contributed by atoms with Crippen molar-refractivity contribution in [1.82, 2.24) is 0 Å². The molecule has 2 heterocycles. The number of nitriles is 4. The third-order valence-electron chi connectivity index (χ3n) is 7.69. The third kappa shape index (κ3) is 25.1. The zero-order valence-corrected chi connectivity index (χ0v) is 36.7. The van der Waals surface area contributed by atoms with Crippen LogP contribution < -0.4 is 9.13 Å². The van der Waals surface area contributed by atoms with Crippen LogP contribution in [0.2, 0.25) is 0 Å². The van der Waals surface area contributed by atoms with Crippen LogP contribution in [0.3, 0.4) is 0 Å². The molecule has 3 aromatic carbocycles. The summed E-state index contributed by atoms with van der Waals surface area (Å²) in [6.07, 6.45) is 1.08. The summed E-state index contributed by atoms with van der Waals surface area (Å²) in [5.74, 6) is 0. The first-order valence-electron chi connectivity index (χ1n) is 17.9. The molecule has 0 unspecified atom stereocenters. The number of allylic oxidation sites excluding steroid dienone is 2. The first-order valence-corrected chi connectivity index (χ1v) is 22.0. The molecule has 68 heavy (non-hydrogen) atoms. The Labute approximate surface area is 375 Å². The van der Waals surface area contributed by atoms with Gasteiger partial charge in [-0.2, -0.15) is 47.4 Å². The van der Waals surface area contributed by atoms with Crippen LogP contribution in [0.15, 0.2) is 110 Å². The van der Waals surface area contributed by atoms with Gasteiger partial charge in [-0.1, -0.05) is 24.3 Å². The number of nitrogens with zero attached hydrogens (tertiary/aromatic N) is 6. The molecule has 0 saturated carbocycles.